The summed E-state index contributed by atoms with van der Waals surface area (Å²) < 4.78 is 25.2. The molecule has 0 radical (unpaired) electrons. The molecule has 0 aromatic carbocycles. The highest BCUT2D eigenvalue weighted by molar-refractivity contribution is 4.86. The van der Waals surface area contributed by atoms with Gasteiger partial charge < -0.3 is 10.4 Å². The van der Waals surface area contributed by atoms with Gasteiger partial charge in [0.2, 0.25) is 0 Å². The topological polar surface area (TPSA) is 35.5 Å². The molecule has 0 aromatic heterocycles. The van der Waals surface area contributed by atoms with Crippen molar-refractivity contribution in [3.8, 4) is 0 Å². The Bertz CT molecular complexity index is 254. The first-order chi connectivity index (χ1) is 9.60. The van der Waals surface area contributed by atoms with E-state index in [1.807, 2.05) is 7.05 Å². The minimum absolute atomic E-state index is 0.0535. The van der Waals surface area contributed by atoms with Crippen LogP contribution in [-0.2, 0) is 0 Å². The van der Waals surface area contributed by atoms with Gasteiger partial charge in [-0.25, -0.2) is 8.78 Å². The highest BCUT2D eigenvalue weighted by Crippen LogP contribution is 2.32. The predicted octanol–water partition coefficient (Wildman–Crippen LogP) is 2.35. The molecule has 1 fully saturated rings. The van der Waals surface area contributed by atoms with E-state index in [0.717, 1.165) is 18.8 Å². The SMILES string of the molecule is CCCC1CCC(NC)C(CN(CCO)CC(F)F)C1. The van der Waals surface area contributed by atoms with Gasteiger partial charge in [-0.15, -0.1) is 0 Å². The van der Waals surface area contributed by atoms with Crippen LogP contribution >= 0.6 is 0 Å². The summed E-state index contributed by atoms with van der Waals surface area (Å²) in [5, 5.41) is 12.4. The van der Waals surface area contributed by atoms with Crippen LogP contribution in [0.5, 0.6) is 0 Å². The fraction of sp³-hybridized carbons (Fsp3) is 1.00. The first kappa shape index (κ1) is 17.8. The maximum absolute atomic E-state index is 12.6. The predicted molar refractivity (Wildman–Crippen MR) is 78.1 cm³/mol. The molecule has 0 spiro atoms. The highest BCUT2D eigenvalue weighted by Gasteiger charge is 2.30. The second-order valence-corrected chi connectivity index (χ2v) is 6.00. The van der Waals surface area contributed by atoms with Crippen molar-refractivity contribution in [3.63, 3.8) is 0 Å². The molecule has 3 nitrogen and oxygen atoms in total. The smallest absolute Gasteiger partial charge is 0.251 e. The summed E-state index contributed by atoms with van der Waals surface area (Å²) in [5.41, 5.74) is 0. The molecule has 20 heavy (non-hydrogen) atoms. The van der Waals surface area contributed by atoms with Crippen molar-refractivity contribution in [3.05, 3.63) is 0 Å². The Morgan fingerprint density at radius 2 is 2.10 bits per heavy atom. The van der Waals surface area contributed by atoms with Crippen LogP contribution in [0.15, 0.2) is 0 Å². The lowest BCUT2D eigenvalue weighted by molar-refractivity contribution is 0.0559. The van der Waals surface area contributed by atoms with E-state index >= 15 is 0 Å². The van der Waals surface area contributed by atoms with Crippen LogP contribution in [0.3, 0.4) is 0 Å². The van der Waals surface area contributed by atoms with Gasteiger partial charge >= 0.3 is 0 Å². The van der Waals surface area contributed by atoms with Crippen molar-refractivity contribution >= 4 is 0 Å². The quantitative estimate of drug-likeness (QED) is 0.685. The highest BCUT2D eigenvalue weighted by atomic mass is 19.3. The summed E-state index contributed by atoms with van der Waals surface area (Å²) in [6.45, 7) is 2.92. The Balaban J connectivity index is 2.57. The number of rotatable bonds is 9. The van der Waals surface area contributed by atoms with Crippen LogP contribution < -0.4 is 5.32 Å². The first-order valence-electron chi connectivity index (χ1n) is 7.89. The van der Waals surface area contributed by atoms with Gasteiger partial charge in [-0.05, 0) is 38.1 Å². The zero-order valence-corrected chi connectivity index (χ0v) is 12.8. The van der Waals surface area contributed by atoms with E-state index < -0.39 is 6.43 Å². The summed E-state index contributed by atoms with van der Waals surface area (Å²) in [7, 11) is 1.96. The fourth-order valence-corrected chi connectivity index (χ4v) is 3.54. The van der Waals surface area contributed by atoms with Gasteiger partial charge in [0.25, 0.3) is 6.43 Å². The average Bonchev–Trinajstić information content (AvgIpc) is 2.39. The summed E-state index contributed by atoms with van der Waals surface area (Å²) in [4.78, 5) is 1.72. The first-order valence-corrected chi connectivity index (χ1v) is 7.89. The molecule has 1 aliphatic rings. The van der Waals surface area contributed by atoms with E-state index in [2.05, 4.69) is 12.2 Å². The van der Waals surface area contributed by atoms with Gasteiger partial charge in [-0.3, -0.25) is 4.90 Å². The molecule has 1 saturated carbocycles. The molecule has 0 amide bonds. The number of alkyl halides is 2. The lowest BCUT2D eigenvalue weighted by atomic mass is 9.76. The molecule has 2 N–H and O–H groups in total. The van der Waals surface area contributed by atoms with Crippen molar-refractivity contribution in [2.24, 2.45) is 11.8 Å². The summed E-state index contributed by atoms with van der Waals surface area (Å²) in [6.07, 6.45) is 3.59. The summed E-state index contributed by atoms with van der Waals surface area (Å²) in [6, 6.07) is 0.418. The Morgan fingerprint density at radius 1 is 1.35 bits per heavy atom. The maximum Gasteiger partial charge on any atom is 0.251 e. The van der Waals surface area contributed by atoms with E-state index in [9.17, 15) is 8.78 Å². The number of hydrogen-bond acceptors (Lipinski definition) is 3. The average molecular weight is 292 g/mol. The standard InChI is InChI=1S/C15H30F2N2O/c1-3-4-12-5-6-14(18-2)13(9-12)10-19(7-8-20)11-15(16)17/h12-15,18,20H,3-11H2,1-2H3. The fourth-order valence-electron chi connectivity index (χ4n) is 3.54. The molecule has 5 heteroatoms. The van der Waals surface area contributed by atoms with Crippen LogP contribution in [-0.4, -0.2) is 55.8 Å². The van der Waals surface area contributed by atoms with Crippen LogP contribution in [0.4, 0.5) is 8.78 Å². The molecular weight excluding hydrogens is 262 g/mol. The molecule has 1 aliphatic carbocycles. The normalized spacial score (nSPS) is 27.4. The number of nitrogens with zero attached hydrogens (tertiary/aromatic N) is 1. The Morgan fingerprint density at radius 3 is 2.65 bits per heavy atom. The van der Waals surface area contributed by atoms with E-state index in [1.165, 1.54) is 19.3 Å². The Hall–Kier alpha value is -0.260. The molecule has 3 atom stereocenters. The second-order valence-electron chi connectivity index (χ2n) is 6.00. The molecule has 1 rings (SSSR count). The van der Waals surface area contributed by atoms with Gasteiger partial charge in [-0.1, -0.05) is 19.8 Å². The van der Waals surface area contributed by atoms with E-state index in [4.69, 9.17) is 5.11 Å². The van der Waals surface area contributed by atoms with Crippen molar-refractivity contribution in [2.75, 3.05) is 33.3 Å². The lowest BCUT2D eigenvalue weighted by Gasteiger charge is -2.38. The van der Waals surface area contributed by atoms with Crippen molar-refractivity contribution < 1.29 is 13.9 Å². The zero-order valence-electron chi connectivity index (χ0n) is 12.8. The molecule has 120 valence electrons. The molecule has 3 unspecified atom stereocenters. The molecule has 0 heterocycles. The third kappa shape index (κ3) is 6.02. The van der Waals surface area contributed by atoms with Gasteiger partial charge in [-0.2, -0.15) is 0 Å². The van der Waals surface area contributed by atoms with Crippen molar-refractivity contribution in [2.45, 2.75) is 51.5 Å². The molecule has 0 bridgehead atoms. The number of aliphatic hydroxyl groups excluding tert-OH is 1. The van der Waals surface area contributed by atoms with Gasteiger partial charge in [0.15, 0.2) is 0 Å². The maximum atomic E-state index is 12.6. The number of aliphatic hydroxyl groups is 1. The molecule has 0 saturated heterocycles. The number of halogens is 2. The van der Waals surface area contributed by atoms with Crippen LogP contribution in [0, 0.1) is 11.8 Å². The second kappa shape index (κ2) is 9.64. The monoisotopic (exact) mass is 292 g/mol. The lowest BCUT2D eigenvalue weighted by Crippen LogP contribution is -2.46. The third-order valence-corrected chi connectivity index (χ3v) is 4.46. The van der Waals surface area contributed by atoms with E-state index in [0.29, 0.717) is 25.0 Å². The van der Waals surface area contributed by atoms with Gasteiger partial charge in [0.05, 0.1) is 13.2 Å². The minimum Gasteiger partial charge on any atom is -0.395 e. The minimum atomic E-state index is -2.33. The summed E-state index contributed by atoms with van der Waals surface area (Å²) in [5.74, 6) is 1.15. The van der Waals surface area contributed by atoms with Crippen LogP contribution in [0.1, 0.15) is 39.0 Å². The molecule has 0 aliphatic heterocycles. The Kier molecular flexibility index (Phi) is 8.57. The largest absolute Gasteiger partial charge is 0.395 e. The molecule has 0 aromatic rings. The van der Waals surface area contributed by atoms with Gasteiger partial charge in [0, 0.05) is 19.1 Å². The zero-order chi connectivity index (χ0) is 15.0. The Labute approximate surface area is 121 Å². The van der Waals surface area contributed by atoms with Crippen molar-refractivity contribution in [1.82, 2.24) is 10.2 Å². The number of hydrogen-bond donors (Lipinski definition) is 2. The van der Waals surface area contributed by atoms with Gasteiger partial charge in [0.1, 0.15) is 0 Å². The van der Waals surface area contributed by atoms with E-state index in [-0.39, 0.29) is 13.2 Å². The van der Waals surface area contributed by atoms with Crippen LogP contribution in [0.2, 0.25) is 0 Å². The van der Waals surface area contributed by atoms with E-state index in [1.54, 1.807) is 4.90 Å². The van der Waals surface area contributed by atoms with Crippen LogP contribution in [0.25, 0.3) is 0 Å². The molecular formula is C15H30F2N2O. The third-order valence-electron chi connectivity index (χ3n) is 4.46. The van der Waals surface area contributed by atoms with Crippen molar-refractivity contribution in [1.29, 1.82) is 0 Å². The number of nitrogens with one attached hydrogen (secondary N) is 1. The summed E-state index contributed by atoms with van der Waals surface area (Å²) >= 11 is 0.